The summed E-state index contributed by atoms with van der Waals surface area (Å²) in [5.74, 6) is 0. The van der Waals surface area contributed by atoms with E-state index in [1.165, 1.54) is 87.7 Å². The third-order valence-corrected chi connectivity index (χ3v) is 11.0. The van der Waals surface area contributed by atoms with Gasteiger partial charge in [0.2, 0.25) is 11.4 Å². The summed E-state index contributed by atoms with van der Waals surface area (Å²) in [6, 6.07) is 9.47. The van der Waals surface area contributed by atoms with E-state index in [1.54, 1.807) is 14.9 Å². The van der Waals surface area contributed by atoms with Crippen LogP contribution in [0.15, 0.2) is 35.9 Å². The summed E-state index contributed by atoms with van der Waals surface area (Å²) < 4.78 is 5.97. The molecule has 0 bridgehead atoms. The molecule has 4 nitrogen and oxygen atoms in total. The molecule has 0 aromatic heterocycles. The van der Waals surface area contributed by atoms with Gasteiger partial charge in [0.15, 0.2) is 0 Å². The molecule has 0 unspecified atom stereocenters. The summed E-state index contributed by atoms with van der Waals surface area (Å²) in [4.78, 5) is 0. The van der Waals surface area contributed by atoms with Crippen LogP contribution in [0.25, 0.3) is 16.9 Å². The molecule has 0 saturated carbocycles. The standard InChI is InChI=1S/C37H54N2.2C3H8N.Ni/c1-8-15-18-19-31-26-36(32-22-27(11-4)34(20-16-9-2)28(12-5)23-32)39(38)37(31)33-24-29(13-6)35(21-17-10-3)30(14-7)25-33;2*1-3-4-2;/h22-26H,8-21H2,1-7H3;2*3H2,1-2H3;/q;2*-1;+2. The zero-order valence-corrected chi connectivity index (χ0v) is 33.8. The van der Waals surface area contributed by atoms with Crippen molar-refractivity contribution >= 4 is 11.4 Å². The van der Waals surface area contributed by atoms with Crippen LogP contribution in [0, 0.1) is 0 Å². The maximum atomic E-state index is 11.9. The van der Waals surface area contributed by atoms with E-state index >= 15 is 0 Å². The third-order valence-electron chi connectivity index (χ3n) is 9.68. The molecule has 1 aliphatic rings. The molecule has 3 rings (SSSR count). The molecule has 272 valence electrons. The summed E-state index contributed by atoms with van der Waals surface area (Å²) in [6.07, 6.45) is 18.2. The molecular formula is C43H70N4Ni. The molecular weight excluding hydrogens is 631 g/mol. The molecule has 2 aromatic carbocycles. The van der Waals surface area contributed by atoms with Gasteiger partial charge >= 0.3 is 63.9 Å². The molecule has 5 heteroatoms. The molecule has 0 fully saturated rings. The van der Waals surface area contributed by atoms with Crippen LogP contribution in [0.5, 0.6) is 0 Å². The third kappa shape index (κ3) is 11.8. The Balaban J connectivity index is 0.000000778. The van der Waals surface area contributed by atoms with Crippen LogP contribution in [0.3, 0.4) is 0 Å². The Morgan fingerprint density at radius 2 is 0.979 bits per heavy atom. The van der Waals surface area contributed by atoms with Gasteiger partial charge in [-0.25, -0.2) is 4.70 Å². The van der Waals surface area contributed by atoms with E-state index in [4.69, 9.17) is 0 Å². The molecule has 0 aliphatic carbocycles. The van der Waals surface area contributed by atoms with Crippen molar-refractivity contribution in [1.29, 1.82) is 0 Å². The van der Waals surface area contributed by atoms with Crippen LogP contribution in [-0.4, -0.2) is 39.8 Å². The minimum atomic E-state index is 0.939. The van der Waals surface area contributed by atoms with Crippen molar-refractivity contribution in [3.8, 4) is 0 Å². The van der Waals surface area contributed by atoms with Crippen LogP contribution in [0.4, 0.5) is 0 Å². The van der Waals surface area contributed by atoms with Gasteiger partial charge in [0, 0.05) is 22.8 Å². The Labute approximate surface area is 303 Å². The van der Waals surface area contributed by atoms with Crippen LogP contribution in [-0.2, 0) is 53.4 Å². The molecule has 1 heterocycles. The van der Waals surface area contributed by atoms with E-state index in [1.807, 2.05) is 0 Å². The second-order valence-electron chi connectivity index (χ2n) is 13.2. The van der Waals surface area contributed by atoms with Gasteiger partial charge in [0.1, 0.15) is 0 Å². The molecule has 0 spiro atoms. The topological polar surface area (TPSA) is 31.8 Å². The van der Waals surface area contributed by atoms with Crippen molar-refractivity contribution in [2.45, 2.75) is 152 Å². The van der Waals surface area contributed by atoms with Gasteiger partial charge in [0.25, 0.3) is 0 Å². The van der Waals surface area contributed by atoms with Crippen molar-refractivity contribution in [3.63, 3.8) is 0 Å². The summed E-state index contributed by atoms with van der Waals surface area (Å²) in [5, 5.41) is 0. The van der Waals surface area contributed by atoms with E-state index in [0.717, 1.165) is 81.4 Å². The Kier molecular flexibility index (Phi) is 19.8. The van der Waals surface area contributed by atoms with Crippen LogP contribution < -0.4 is 0 Å². The molecule has 0 amide bonds. The predicted octanol–water partition coefficient (Wildman–Crippen LogP) is 11.8. The van der Waals surface area contributed by atoms with Crippen molar-refractivity contribution in [2.24, 2.45) is 0 Å². The van der Waals surface area contributed by atoms with Gasteiger partial charge in [-0.1, -0.05) is 74.1 Å². The number of hydrogen-bond donors (Lipinski definition) is 0. The van der Waals surface area contributed by atoms with Gasteiger partial charge in [-0.2, -0.15) is 0 Å². The van der Waals surface area contributed by atoms with Crippen molar-refractivity contribution in [3.05, 3.63) is 86.0 Å². The number of allylic oxidation sites excluding steroid dienone is 2. The monoisotopic (exact) mass is 700 g/mol. The fraction of sp³-hybridized carbons (Fsp3) is 0.628. The fourth-order valence-corrected chi connectivity index (χ4v) is 7.44. The number of aryl methyl sites for hydroxylation is 4. The zero-order chi connectivity index (χ0) is 35.6. The van der Waals surface area contributed by atoms with Crippen LogP contribution in [0.2, 0.25) is 0 Å². The van der Waals surface area contributed by atoms with Crippen molar-refractivity contribution in [1.82, 2.24) is 7.96 Å². The first-order valence-electron chi connectivity index (χ1n) is 19.4. The summed E-state index contributed by atoms with van der Waals surface area (Å²) in [6.45, 7) is 22.4. The summed E-state index contributed by atoms with van der Waals surface area (Å²) in [7, 11) is 4.21. The molecule has 0 atom stereocenters. The fourth-order valence-electron chi connectivity index (χ4n) is 6.58. The van der Waals surface area contributed by atoms with E-state index in [2.05, 4.69) is 115 Å². The molecule has 0 saturated heterocycles. The van der Waals surface area contributed by atoms with Gasteiger partial charge in [-0.15, -0.1) is 0 Å². The maximum absolute atomic E-state index is 11.9. The average molecular weight is 702 g/mol. The Hall–Kier alpha value is -2.07. The van der Waals surface area contributed by atoms with Crippen molar-refractivity contribution < 1.29 is 19.6 Å². The average Bonchev–Trinajstić information content (AvgIpc) is 3.44. The normalized spacial score (nSPS) is 13.2. The first kappa shape index (κ1) is 42.1. The molecule has 1 aliphatic heterocycles. The van der Waals surface area contributed by atoms with E-state index < -0.39 is 0 Å². The Morgan fingerprint density at radius 3 is 1.35 bits per heavy atom. The minimum absolute atomic E-state index is 0.939. The number of unbranched alkanes of at least 4 members (excludes halogenated alkanes) is 4. The summed E-state index contributed by atoms with van der Waals surface area (Å²) >= 11 is 1.59. The molecule has 48 heavy (non-hydrogen) atoms. The summed E-state index contributed by atoms with van der Waals surface area (Å²) in [5.41, 5.74) is 26.3. The van der Waals surface area contributed by atoms with Crippen molar-refractivity contribution in [2.75, 3.05) is 27.2 Å². The van der Waals surface area contributed by atoms with Gasteiger partial charge in [-0.05, 0) is 122 Å². The van der Waals surface area contributed by atoms with Gasteiger partial charge in [0.05, 0.1) is 0 Å². The first-order chi connectivity index (χ1) is 23.2. The second kappa shape index (κ2) is 22.6. The second-order valence-corrected chi connectivity index (χ2v) is 14.9. The number of nitrogens with zero attached hydrogens (tertiary/aromatic N) is 4. The van der Waals surface area contributed by atoms with E-state index in [0.29, 0.717) is 0 Å². The van der Waals surface area contributed by atoms with Gasteiger partial charge in [-0.3, -0.25) is 0 Å². The van der Waals surface area contributed by atoms with Crippen LogP contribution >= 0.6 is 0 Å². The molecule has 0 N–H and O–H groups in total. The van der Waals surface area contributed by atoms with Gasteiger partial charge < -0.3 is 5.53 Å². The number of rotatable bonds is 20. The zero-order valence-electron chi connectivity index (χ0n) is 32.8. The van der Waals surface area contributed by atoms with Crippen LogP contribution in [0.1, 0.15) is 158 Å². The molecule has 2 aromatic rings. The SMILES string of the molecule is CCCCCC1=C(c2cc(CC)c(CCCC)c(CC)c2)[N+](=[N-])C(c2cc(CC)c(CCCC)c(CC)c2)=C1.CC[N](C)[Ni][N](C)CC. The first-order valence-corrected chi connectivity index (χ1v) is 20.3. The van der Waals surface area contributed by atoms with E-state index in [9.17, 15) is 5.53 Å². The molecule has 0 radical (unpaired) electrons. The Bertz CT molecular complexity index is 1300. The Morgan fingerprint density at radius 1 is 0.562 bits per heavy atom. The van der Waals surface area contributed by atoms with E-state index in [-0.39, 0.29) is 0 Å². The quantitative estimate of drug-likeness (QED) is 0.0782. The number of benzene rings is 2. The predicted molar refractivity (Wildman–Crippen MR) is 207 cm³/mol. The number of hydrogen-bond acceptors (Lipinski definition) is 2.